The number of nitrogens with zero attached hydrogens (tertiary/aromatic N) is 3. The van der Waals surface area contributed by atoms with Crippen LogP contribution in [0.1, 0.15) is 36.2 Å². The molecular formula is C26H29N5O2. The molecule has 0 radical (unpaired) electrons. The number of rotatable bonds is 7. The van der Waals surface area contributed by atoms with Gasteiger partial charge < -0.3 is 15.0 Å². The third-order valence-corrected chi connectivity index (χ3v) is 6.38. The zero-order chi connectivity index (χ0) is 22.6. The molecule has 2 aromatic carbocycles. The van der Waals surface area contributed by atoms with Gasteiger partial charge in [-0.25, -0.2) is 4.68 Å². The second kappa shape index (κ2) is 9.60. The van der Waals surface area contributed by atoms with Crippen molar-refractivity contribution < 1.29 is 9.53 Å². The molecule has 33 heavy (non-hydrogen) atoms. The number of amides is 1. The highest BCUT2D eigenvalue weighted by atomic mass is 16.5. The standard InChI is InChI=1S/C26H29N5O2/c1-33-25(19-7-3-2-4-8-19)26(32)29-24-11-14-27-31(24)22-12-15-30(16-13-22)18-21-17-20-9-5-6-10-23(20)28-21/h2-11,14,17,22,25,28H,12-13,15-16,18H2,1H3,(H,29,32)/t25-/m0/s1. The molecular weight excluding hydrogens is 414 g/mol. The van der Waals surface area contributed by atoms with Crippen LogP contribution >= 0.6 is 0 Å². The molecule has 2 aromatic heterocycles. The topological polar surface area (TPSA) is 75.2 Å². The van der Waals surface area contributed by atoms with Gasteiger partial charge in [-0.2, -0.15) is 5.10 Å². The summed E-state index contributed by atoms with van der Waals surface area (Å²) in [4.78, 5) is 18.9. The van der Waals surface area contributed by atoms with E-state index in [1.54, 1.807) is 13.3 Å². The number of likely N-dealkylation sites (tertiary alicyclic amines) is 1. The smallest absolute Gasteiger partial charge is 0.259 e. The number of para-hydroxylation sites is 1. The number of H-pyrrole nitrogens is 1. The maximum atomic E-state index is 12.9. The van der Waals surface area contributed by atoms with Gasteiger partial charge in [-0.05, 0) is 35.9 Å². The zero-order valence-corrected chi connectivity index (χ0v) is 18.8. The number of hydrogen-bond donors (Lipinski definition) is 2. The first kappa shape index (κ1) is 21.4. The molecule has 0 bridgehead atoms. The van der Waals surface area contributed by atoms with E-state index in [1.807, 2.05) is 41.1 Å². The SMILES string of the molecule is CO[C@H](C(=O)Nc1ccnn1C1CCN(Cc2cc3ccccc3[nH]2)CC1)c1ccccc1. The number of benzene rings is 2. The molecule has 4 aromatic rings. The van der Waals surface area contributed by atoms with Gasteiger partial charge in [-0.15, -0.1) is 0 Å². The monoisotopic (exact) mass is 443 g/mol. The van der Waals surface area contributed by atoms with Crippen LogP contribution in [-0.2, 0) is 16.1 Å². The van der Waals surface area contributed by atoms with Crippen LogP contribution < -0.4 is 5.32 Å². The highest BCUT2D eigenvalue weighted by Gasteiger charge is 2.25. The Hall–Kier alpha value is -3.42. The van der Waals surface area contributed by atoms with Crippen molar-refractivity contribution in [1.29, 1.82) is 0 Å². The van der Waals surface area contributed by atoms with E-state index in [9.17, 15) is 4.79 Å². The molecule has 170 valence electrons. The second-order valence-electron chi connectivity index (χ2n) is 8.57. The van der Waals surface area contributed by atoms with E-state index in [0.717, 1.165) is 38.0 Å². The van der Waals surface area contributed by atoms with Gasteiger partial charge in [0.05, 0.1) is 12.2 Å². The van der Waals surface area contributed by atoms with E-state index >= 15 is 0 Å². The van der Waals surface area contributed by atoms with Crippen LogP contribution in [0.4, 0.5) is 5.82 Å². The fraction of sp³-hybridized carbons (Fsp3) is 0.308. The van der Waals surface area contributed by atoms with E-state index in [0.29, 0.717) is 5.82 Å². The van der Waals surface area contributed by atoms with Crippen molar-refractivity contribution >= 4 is 22.6 Å². The molecule has 7 nitrogen and oxygen atoms in total. The summed E-state index contributed by atoms with van der Waals surface area (Å²) in [6.07, 6.45) is 3.05. The number of aromatic amines is 1. The number of aromatic nitrogens is 3. The molecule has 0 spiro atoms. The average Bonchev–Trinajstić information content (AvgIpc) is 3.47. The number of piperidine rings is 1. The zero-order valence-electron chi connectivity index (χ0n) is 18.8. The molecule has 1 aliphatic rings. The van der Waals surface area contributed by atoms with Gasteiger partial charge in [0.25, 0.3) is 5.91 Å². The number of ether oxygens (including phenoxy) is 1. The lowest BCUT2D eigenvalue weighted by Gasteiger charge is -2.32. The highest BCUT2D eigenvalue weighted by molar-refractivity contribution is 5.94. The minimum absolute atomic E-state index is 0.193. The van der Waals surface area contributed by atoms with Crippen molar-refractivity contribution in [3.63, 3.8) is 0 Å². The van der Waals surface area contributed by atoms with Crippen LogP contribution in [0.15, 0.2) is 72.9 Å². The maximum absolute atomic E-state index is 12.9. The molecule has 1 saturated heterocycles. The Labute approximate surface area is 193 Å². The first-order valence-electron chi connectivity index (χ1n) is 11.4. The Balaban J connectivity index is 1.20. The molecule has 0 unspecified atom stereocenters. The van der Waals surface area contributed by atoms with E-state index < -0.39 is 6.10 Å². The minimum Gasteiger partial charge on any atom is -0.367 e. The number of nitrogens with one attached hydrogen (secondary N) is 2. The molecule has 2 N–H and O–H groups in total. The van der Waals surface area contributed by atoms with Crippen LogP contribution in [0.3, 0.4) is 0 Å². The summed E-state index contributed by atoms with van der Waals surface area (Å²) >= 11 is 0. The quantitative estimate of drug-likeness (QED) is 0.440. The fourth-order valence-electron chi connectivity index (χ4n) is 4.70. The number of methoxy groups -OCH3 is 1. The normalized spacial score (nSPS) is 16.2. The third kappa shape index (κ3) is 4.69. The molecule has 3 heterocycles. The van der Waals surface area contributed by atoms with E-state index in [4.69, 9.17) is 4.74 Å². The lowest BCUT2D eigenvalue weighted by atomic mass is 10.0. The molecule has 1 atom stereocenters. The van der Waals surface area contributed by atoms with Gasteiger partial charge in [0.15, 0.2) is 6.10 Å². The van der Waals surface area contributed by atoms with Crippen molar-refractivity contribution in [3.05, 3.63) is 84.2 Å². The van der Waals surface area contributed by atoms with Gasteiger partial charge >= 0.3 is 0 Å². The Morgan fingerprint density at radius 2 is 1.88 bits per heavy atom. The molecule has 5 rings (SSSR count). The largest absolute Gasteiger partial charge is 0.367 e. The summed E-state index contributed by atoms with van der Waals surface area (Å²) in [6.45, 7) is 2.88. The lowest BCUT2D eigenvalue weighted by Crippen LogP contribution is -2.35. The molecule has 0 aliphatic carbocycles. The third-order valence-electron chi connectivity index (χ3n) is 6.38. The van der Waals surface area contributed by atoms with Gasteiger partial charge in [0.1, 0.15) is 5.82 Å². The van der Waals surface area contributed by atoms with Gasteiger partial charge in [0, 0.05) is 44.0 Å². The summed E-state index contributed by atoms with van der Waals surface area (Å²) in [5.41, 5.74) is 3.26. The minimum atomic E-state index is -0.660. The molecule has 0 saturated carbocycles. The average molecular weight is 444 g/mol. The van der Waals surface area contributed by atoms with Crippen LogP contribution in [0.2, 0.25) is 0 Å². The fourth-order valence-corrected chi connectivity index (χ4v) is 4.70. The Kier molecular flexibility index (Phi) is 6.24. The Bertz CT molecular complexity index is 1170. The first-order chi connectivity index (χ1) is 16.2. The first-order valence-corrected chi connectivity index (χ1v) is 11.4. The molecule has 1 fully saturated rings. The van der Waals surface area contributed by atoms with Crippen LogP contribution in [0.5, 0.6) is 0 Å². The molecule has 1 amide bonds. The number of hydrogen-bond acceptors (Lipinski definition) is 4. The Morgan fingerprint density at radius 3 is 2.64 bits per heavy atom. The number of anilines is 1. The molecule has 1 aliphatic heterocycles. The predicted molar refractivity (Wildman–Crippen MR) is 129 cm³/mol. The van der Waals surface area contributed by atoms with Crippen molar-refractivity contribution in [3.8, 4) is 0 Å². The van der Waals surface area contributed by atoms with Gasteiger partial charge in [-0.1, -0.05) is 48.5 Å². The summed E-state index contributed by atoms with van der Waals surface area (Å²) < 4.78 is 7.43. The Morgan fingerprint density at radius 1 is 1.12 bits per heavy atom. The van der Waals surface area contributed by atoms with Crippen molar-refractivity contribution in [2.24, 2.45) is 0 Å². The number of carbonyl (C=O) groups is 1. The van der Waals surface area contributed by atoms with Crippen molar-refractivity contribution in [2.75, 3.05) is 25.5 Å². The van der Waals surface area contributed by atoms with Gasteiger partial charge in [-0.3, -0.25) is 9.69 Å². The highest BCUT2D eigenvalue weighted by Crippen LogP contribution is 2.27. The van der Waals surface area contributed by atoms with E-state index in [-0.39, 0.29) is 11.9 Å². The number of fused-ring (bicyclic) bond motifs is 1. The van der Waals surface area contributed by atoms with Crippen LogP contribution in [0.25, 0.3) is 10.9 Å². The lowest BCUT2D eigenvalue weighted by molar-refractivity contribution is -0.126. The second-order valence-corrected chi connectivity index (χ2v) is 8.57. The summed E-state index contributed by atoms with van der Waals surface area (Å²) in [5, 5.41) is 8.80. The van der Waals surface area contributed by atoms with Crippen LogP contribution in [0, 0.1) is 0 Å². The summed E-state index contributed by atoms with van der Waals surface area (Å²) in [7, 11) is 1.55. The summed E-state index contributed by atoms with van der Waals surface area (Å²) in [6, 6.07) is 22.3. The van der Waals surface area contributed by atoms with Crippen LogP contribution in [-0.4, -0.2) is 45.8 Å². The van der Waals surface area contributed by atoms with Crippen molar-refractivity contribution in [2.45, 2.75) is 31.5 Å². The van der Waals surface area contributed by atoms with E-state index in [1.165, 1.54) is 16.6 Å². The molecule has 7 heteroatoms. The van der Waals surface area contributed by atoms with Crippen molar-refractivity contribution in [1.82, 2.24) is 19.7 Å². The summed E-state index contributed by atoms with van der Waals surface area (Å²) in [5.74, 6) is 0.522. The van der Waals surface area contributed by atoms with E-state index in [2.05, 4.69) is 50.6 Å². The predicted octanol–water partition coefficient (Wildman–Crippen LogP) is 4.53. The number of carbonyl (C=O) groups excluding carboxylic acids is 1. The maximum Gasteiger partial charge on any atom is 0.259 e. The van der Waals surface area contributed by atoms with Gasteiger partial charge in [0.2, 0.25) is 0 Å².